The number of rotatable bonds is 4. The van der Waals surface area contributed by atoms with Crippen LogP contribution in [0.25, 0.3) is 0 Å². The zero-order valence-electron chi connectivity index (χ0n) is 19.1. The lowest BCUT2D eigenvalue weighted by Crippen LogP contribution is -2.44. The standard InChI is InChI=1S/C24H22F5N3OS/c1-12(2)13(3)16-8-7-15(10-17(16)25)32-22(34)31(21(33)23(32,4)5)18-9-6-14(11-30)19(20(18)26)24(27,28)29/h6-10,12-13H,1-5H3. The van der Waals surface area contributed by atoms with E-state index in [9.17, 15) is 22.4 Å². The fraction of sp³-hybridized carbons (Fsp3) is 0.375. The van der Waals surface area contributed by atoms with Crippen LogP contribution in [0.5, 0.6) is 0 Å². The third-order valence-electron chi connectivity index (χ3n) is 6.17. The number of halogens is 5. The molecule has 1 atom stereocenters. The van der Waals surface area contributed by atoms with Crippen LogP contribution in [-0.4, -0.2) is 16.6 Å². The van der Waals surface area contributed by atoms with Crippen molar-refractivity contribution in [2.75, 3.05) is 9.80 Å². The maximum atomic E-state index is 15.1. The second-order valence-electron chi connectivity index (χ2n) is 8.99. The van der Waals surface area contributed by atoms with Gasteiger partial charge in [-0.2, -0.15) is 18.4 Å². The Kier molecular flexibility index (Phi) is 6.48. The molecule has 0 spiro atoms. The topological polar surface area (TPSA) is 47.3 Å². The third kappa shape index (κ3) is 4.02. The van der Waals surface area contributed by atoms with Crippen LogP contribution in [0.15, 0.2) is 30.3 Å². The van der Waals surface area contributed by atoms with Crippen molar-refractivity contribution in [2.24, 2.45) is 5.92 Å². The minimum Gasteiger partial charge on any atom is -0.303 e. The summed E-state index contributed by atoms with van der Waals surface area (Å²) < 4.78 is 70.5. The van der Waals surface area contributed by atoms with Gasteiger partial charge in [-0.25, -0.2) is 8.78 Å². The maximum absolute atomic E-state index is 15.1. The van der Waals surface area contributed by atoms with Crippen LogP contribution in [0, 0.1) is 28.9 Å². The Bertz CT molecular complexity index is 1220. The average molecular weight is 496 g/mol. The molecule has 34 heavy (non-hydrogen) atoms. The highest BCUT2D eigenvalue weighted by molar-refractivity contribution is 7.81. The second-order valence-corrected chi connectivity index (χ2v) is 9.35. The van der Waals surface area contributed by atoms with Crippen molar-refractivity contribution >= 4 is 34.6 Å². The number of alkyl halides is 3. The fourth-order valence-electron chi connectivity index (χ4n) is 3.93. The molecule has 0 saturated carbocycles. The molecule has 3 rings (SSSR count). The summed E-state index contributed by atoms with van der Waals surface area (Å²) in [5, 5.41) is 8.69. The van der Waals surface area contributed by atoms with Crippen LogP contribution in [0.3, 0.4) is 0 Å². The smallest absolute Gasteiger partial charge is 0.303 e. The van der Waals surface area contributed by atoms with Crippen LogP contribution < -0.4 is 9.80 Å². The number of hydrogen-bond acceptors (Lipinski definition) is 3. The van der Waals surface area contributed by atoms with E-state index < -0.39 is 46.1 Å². The molecule has 0 radical (unpaired) electrons. The van der Waals surface area contributed by atoms with Gasteiger partial charge in [0.25, 0.3) is 5.91 Å². The summed E-state index contributed by atoms with van der Waals surface area (Å²) in [5.74, 6) is -3.02. The van der Waals surface area contributed by atoms with Crippen molar-refractivity contribution in [2.45, 2.75) is 52.3 Å². The Labute approximate surface area is 199 Å². The molecule has 1 saturated heterocycles. The van der Waals surface area contributed by atoms with Gasteiger partial charge in [-0.3, -0.25) is 9.69 Å². The van der Waals surface area contributed by atoms with E-state index in [1.54, 1.807) is 12.1 Å². The van der Waals surface area contributed by atoms with Gasteiger partial charge < -0.3 is 4.90 Å². The molecule has 2 aromatic carbocycles. The van der Waals surface area contributed by atoms with Gasteiger partial charge in [-0.15, -0.1) is 0 Å². The quantitative estimate of drug-likeness (QED) is 0.357. The van der Waals surface area contributed by atoms with Crippen molar-refractivity contribution in [1.82, 2.24) is 0 Å². The molecule has 0 N–H and O–H groups in total. The number of hydrogen-bond donors (Lipinski definition) is 0. The van der Waals surface area contributed by atoms with Crippen molar-refractivity contribution < 1.29 is 26.7 Å². The number of nitriles is 1. The summed E-state index contributed by atoms with van der Waals surface area (Å²) in [5.41, 5.74) is -4.21. The lowest BCUT2D eigenvalue weighted by atomic mass is 9.89. The van der Waals surface area contributed by atoms with Gasteiger partial charge in [0.2, 0.25) is 0 Å². The first-order chi connectivity index (χ1) is 15.6. The summed E-state index contributed by atoms with van der Waals surface area (Å²) in [6.45, 7) is 8.69. The third-order valence-corrected chi connectivity index (χ3v) is 6.53. The minimum atomic E-state index is -5.17. The number of nitrogens with zero attached hydrogens (tertiary/aromatic N) is 3. The molecular weight excluding hydrogens is 473 g/mol. The molecule has 1 fully saturated rings. The first-order valence-electron chi connectivity index (χ1n) is 10.4. The van der Waals surface area contributed by atoms with E-state index in [0.717, 1.165) is 12.1 Å². The van der Waals surface area contributed by atoms with Crippen molar-refractivity contribution in [3.05, 3.63) is 58.7 Å². The fourth-order valence-corrected chi connectivity index (χ4v) is 4.45. The molecular formula is C24H22F5N3OS. The number of amides is 1. The molecule has 180 valence electrons. The molecule has 1 heterocycles. The summed E-state index contributed by atoms with van der Waals surface area (Å²) in [7, 11) is 0. The van der Waals surface area contributed by atoms with Gasteiger partial charge in [-0.05, 0) is 67.7 Å². The Morgan fingerprint density at radius 2 is 1.71 bits per heavy atom. The highest BCUT2D eigenvalue weighted by atomic mass is 32.1. The highest BCUT2D eigenvalue weighted by Crippen LogP contribution is 2.42. The van der Waals surface area contributed by atoms with Gasteiger partial charge >= 0.3 is 6.18 Å². The zero-order valence-corrected chi connectivity index (χ0v) is 19.9. The normalized spacial score (nSPS) is 16.9. The van der Waals surface area contributed by atoms with Gasteiger partial charge in [0.1, 0.15) is 16.9 Å². The van der Waals surface area contributed by atoms with Crippen molar-refractivity contribution in [3.8, 4) is 6.07 Å². The monoisotopic (exact) mass is 495 g/mol. The molecule has 0 aliphatic carbocycles. The van der Waals surface area contributed by atoms with Gasteiger partial charge in [0, 0.05) is 5.69 Å². The first-order valence-corrected chi connectivity index (χ1v) is 10.8. The van der Waals surface area contributed by atoms with E-state index >= 15 is 4.39 Å². The van der Waals surface area contributed by atoms with Gasteiger partial charge in [-0.1, -0.05) is 26.8 Å². The van der Waals surface area contributed by atoms with E-state index in [0.29, 0.717) is 10.5 Å². The highest BCUT2D eigenvalue weighted by Gasteiger charge is 2.52. The molecule has 2 aromatic rings. The predicted octanol–water partition coefficient (Wildman–Crippen LogP) is 6.53. The lowest BCUT2D eigenvalue weighted by molar-refractivity contribution is -0.140. The molecule has 1 aliphatic rings. The Balaban J connectivity index is 2.13. The number of carbonyl (C=O) groups is 1. The predicted molar refractivity (Wildman–Crippen MR) is 122 cm³/mol. The molecule has 10 heteroatoms. The summed E-state index contributed by atoms with van der Waals surface area (Å²) in [6, 6.07) is 7.35. The SMILES string of the molecule is CC(C)C(C)c1ccc(N2C(=S)N(c3ccc(C#N)c(C(F)(F)F)c3F)C(=O)C2(C)C)cc1F. The Morgan fingerprint density at radius 1 is 1.09 bits per heavy atom. The van der Waals surface area contributed by atoms with E-state index in [4.69, 9.17) is 17.5 Å². The largest absolute Gasteiger partial charge is 0.420 e. The van der Waals surface area contributed by atoms with E-state index in [-0.39, 0.29) is 22.6 Å². The maximum Gasteiger partial charge on any atom is 0.420 e. The minimum absolute atomic E-state index is 0.0840. The molecule has 4 nitrogen and oxygen atoms in total. The van der Waals surface area contributed by atoms with Crippen molar-refractivity contribution in [1.29, 1.82) is 5.26 Å². The van der Waals surface area contributed by atoms with Crippen LogP contribution in [0.2, 0.25) is 0 Å². The molecule has 0 aromatic heterocycles. The van der Waals surface area contributed by atoms with Crippen LogP contribution >= 0.6 is 12.2 Å². The Hall–Kier alpha value is -3.06. The van der Waals surface area contributed by atoms with Crippen LogP contribution in [-0.2, 0) is 11.0 Å². The molecule has 1 amide bonds. The van der Waals surface area contributed by atoms with E-state index in [1.807, 2.05) is 20.8 Å². The zero-order chi connectivity index (χ0) is 25.7. The number of thiocarbonyl (C=S) groups is 1. The Morgan fingerprint density at radius 3 is 2.21 bits per heavy atom. The molecule has 1 unspecified atom stereocenters. The number of anilines is 2. The van der Waals surface area contributed by atoms with E-state index in [2.05, 4.69) is 0 Å². The van der Waals surface area contributed by atoms with E-state index in [1.165, 1.54) is 30.9 Å². The van der Waals surface area contributed by atoms with Gasteiger partial charge in [0.05, 0.1) is 17.3 Å². The summed E-state index contributed by atoms with van der Waals surface area (Å²) >= 11 is 5.37. The summed E-state index contributed by atoms with van der Waals surface area (Å²) in [6.07, 6.45) is -5.17. The lowest BCUT2D eigenvalue weighted by Gasteiger charge is -2.30. The second kappa shape index (κ2) is 8.62. The molecule has 0 bridgehead atoms. The average Bonchev–Trinajstić information content (AvgIpc) is 2.90. The number of carbonyl (C=O) groups excluding carboxylic acids is 1. The number of benzene rings is 2. The van der Waals surface area contributed by atoms with Crippen molar-refractivity contribution in [3.63, 3.8) is 0 Å². The first kappa shape index (κ1) is 25.6. The molecule has 1 aliphatic heterocycles. The summed E-state index contributed by atoms with van der Waals surface area (Å²) in [4.78, 5) is 15.2. The van der Waals surface area contributed by atoms with Crippen LogP contribution in [0.1, 0.15) is 57.2 Å². The van der Waals surface area contributed by atoms with Gasteiger partial charge in [0.15, 0.2) is 10.9 Å². The van der Waals surface area contributed by atoms with Crippen LogP contribution in [0.4, 0.5) is 33.3 Å².